The lowest BCUT2D eigenvalue weighted by molar-refractivity contribution is -0.148. The number of amides is 2. The van der Waals surface area contributed by atoms with E-state index in [1.165, 1.54) is 18.9 Å². The summed E-state index contributed by atoms with van der Waals surface area (Å²) in [5, 5.41) is 11.9. The first kappa shape index (κ1) is 23.3. The number of hydrogen-bond donors (Lipinski definition) is 2. The fraction of sp³-hybridized carbons (Fsp3) is 0.400. The molecular formula is C25H30N2O5. The standard InChI is InChI=1S/C25H30N2O5/c1-16(23(29)30)27(4)22(28)13-14-25(2,3)26-24(31)32-15-21-19-11-7-5-9-17(19)18-10-6-8-12-20(18)21/h5-12,16,21H,13-15H2,1-4H3,(H,26,31)(H,29,30). The van der Waals surface area contributed by atoms with Gasteiger partial charge in [-0.3, -0.25) is 4.79 Å². The Labute approximate surface area is 188 Å². The first-order chi connectivity index (χ1) is 15.1. The van der Waals surface area contributed by atoms with Crippen molar-refractivity contribution in [3.63, 3.8) is 0 Å². The first-order valence-electron chi connectivity index (χ1n) is 10.7. The molecule has 3 rings (SSSR count). The third-order valence-electron chi connectivity index (χ3n) is 6.08. The second kappa shape index (κ2) is 9.42. The van der Waals surface area contributed by atoms with E-state index in [1.807, 2.05) is 38.1 Å². The van der Waals surface area contributed by atoms with Gasteiger partial charge in [0.15, 0.2) is 0 Å². The number of carboxylic acid groups (broad SMARTS) is 1. The van der Waals surface area contributed by atoms with Crippen LogP contribution in [0.4, 0.5) is 4.79 Å². The molecule has 1 unspecified atom stereocenters. The number of benzene rings is 2. The molecule has 32 heavy (non-hydrogen) atoms. The molecule has 0 bridgehead atoms. The Kier molecular flexibility index (Phi) is 6.87. The predicted octanol–water partition coefficient (Wildman–Crippen LogP) is 4.02. The summed E-state index contributed by atoms with van der Waals surface area (Å²) in [7, 11) is 1.47. The highest BCUT2D eigenvalue weighted by Gasteiger charge is 2.30. The maximum Gasteiger partial charge on any atom is 0.407 e. The normalized spacial score (nSPS) is 13.6. The topological polar surface area (TPSA) is 95.9 Å². The van der Waals surface area contributed by atoms with Gasteiger partial charge in [-0.2, -0.15) is 0 Å². The van der Waals surface area contributed by atoms with Gasteiger partial charge in [-0.1, -0.05) is 48.5 Å². The zero-order chi connectivity index (χ0) is 23.5. The van der Waals surface area contributed by atoms with Crippen molar-refractivity contribution in [1.29, 1.82) is 0 Å². The molecule has 0 fully saturated rings. The fourth-order valence-corrected chi connectivity index (χ4v) is 3.95. The minimum atomic E-state index is -1.06. The number of carbonyl (C=O) groups is 3. The minimum absolute atomic E-state index is 0.0241. The number of nitrogens with one attached hydrogen (secondary N) is 1. The molecule has 0 heterocycles. The monoisotopic (exact) mass is 438 g/mol. The van der Waals surface area contributed by atoms with Gasteiger partial charge in [0.25, 0.3) is 0 Å². The van der Waals surface area contributed by atoms with E-state index in [2.05, 4.69) is 29.6 Å². The van der Waals surface area contributed by atoms with Crippen LogP contribution in [0, 0.1) is 0 Å². The van der Waals surface area contributed by atoms with Crippen LogP contribution in [0.3, 0.4) is 0 Å². The molecule has 1 aliphatic rings. The van der Waals surface area contributed by atoms with E-state index < -0.39 is 23.6 Å². The number of rotatable bonds is 8. The zero-order valence-corrected chi connectivity index (χ0v) is 18.9. The van der Waals surface area contributed by atoms with Gasteiger partial charge in [-0.05, 0) is 49.4 Å². The maximum absolute atomic E-state index is 12.5. The van der Waals surface area contributed by atoms with Crippen LogP contribution < -0.4 is 5.32 Å². The van der Waals surface area contributed by atoms with Crippen molar-refractivity contribution >= 4 is 18.0 Å². The SMILES string of the molecule is CC(C(=O)O)N(C)C(=O)CCC(C)(C)NC(=O)OCC1c2ccccc2-c2ccccc21. The molecular weight excluding hydrogens is 408 g/mol. The Hall–Kier alpha value is -3.35. The number of likely N-dealkylation sites (N-methyl/N-ethyl adjacent to an activating group) is 1. The molecule has 0 radical (unpaired) electrons. The molecule has 170 valence electrons. The number of carboxylic acids is 1. The molecule has 0 saturated carbocycles. The Balaban J connectivity index is 1.56. The van der Waals surface area contributed by atoms with Gasteiger partial charge in [0.05, 0.1) is 0 Å². The highest BCUT2D eigenvalue weighted by Crippen LogP contribution is 2.44. The van der Waals surface area contributed by atoms with E-state index in [9.17, 15) is 14.4 Å². The van der Waals surface area contributed by atoms with Crippen molar-refractivity contribution in [2.24, 2.45) is 0 Å². The van der Waals surface area contributed by atoms with Crippen LogP contribution in [0.5, 0.6) is 0 Å². The minimum Gasteiger partial charge on any atom is -0.480 e. The first-order valence-corrected chi connectivity index (χ1v) is 10.7. The third kappa shape index (κ3) is 5.10. The predicted molar refractivity (Wildman–Crippen MR) is 121 cm³/mol. The van der Waals surface area contributed by atoms with Crippen LogP contribution in [-0.2, 0) is 14.3 Å². The Morgan fingerprint density at radius 2 is 1.59 bits per heavy atom. The number of carbonyl (C=O) groups excluding carboxylic acids is 2. The summed E-state index contributed by atoms with van der Waals surface area (Å²) in [6.07, 6.45) is -0.0751. The lowest BCUT2D eigenvalue weighted by Crippen LogP contribution is -2.46. The average molecular weight is 439 g/mol. The number of alkyl carbamates (subject to hydrolysis) is 1. The summed E-state index contributed by atoms with van der Waals surface area (Å²) in [5.74, 6) is -1.37. The van der Waals surface area contributed by atoms with Gasteiger partial charge < -0.3 is 20.1 Å². The molecule has 0 saturated heterocycles. The van der Waals surface area contributed by atoms with Crippen LogP contribution in [0.25, 0.3) is 11.1 Å². The van der Waals surface area contributed by atoms with Gasteiger partial charge >= 0.3 is 12.1 Å². The second-order valence-electron chi connectivity index (χ2n) is 8.85. The fourth-order valence-electron chi connectivity index (χ4n) is 3.95. The van der Waals surface area contributed by atoms with E-state index >= 15 is 0 Å². The molecule has 1 atom stereocenters. The van der Waals surface area contributed by atoms with E-state index in [0.29, 0.717) is 6.42 Å². The molecule has 7 nitrogen and oxygen atoms in total. The molecule has 7 heteroatoms. The third-order valence-corrected chi connectivity index (χ3v) is 6.08. The van der Waals surface area contributed by atoms with Crippen molar-refractivity contribution in [1.82, 2.24) is 10.2 Å². The smallest absolute Gasteiger partial charge is 0.407 e. The number of hydrogen-bond acceptors (Lipinski definition) is 4. The summed E-state index contributed by atoms with van der Waals surface area (Å²) in [6.45, 7) is 5.29. The Morgan fingerprint density at radius 3 is 2.12 bits per heavy atom. The van der Waals surface area contributed by atoms with Gasteiger partial charge in [0.2, 0.25) is 5.91 Å². The highest BCUT2D eigenvalue weighted by molar-refractivity contribution is 5.83. The van der Waals surface area contributed by atoms with Crippen molar-refractivity contribution in [2.45, 2.75) is 51.1 Å². The van der Waals surface area contributed by atoms with Crippen molar-refractivity contribution < 1.29 is 24.2 Å². The molecule has 2 amide bonds. The lowest BCUT2D eigenvalue weighted by Gasteiger charge is -2.28. The number of nitrogens with zero attached hydrogens (tertiary/aromatic N) is 1. The zero-order valence-electron chi connectivity index (χ0n) is 18.9. The van der Waals surface area contributed by atoms with Crippen LogP contribution in [0.2, 0.25) is 0 Å². The van der Waals surface area contributed by atoms with E-state index in [0.717, 1.165) is 22.3 Å². The maximum atomic E-state index is 12.5. The highest BCUT2D eigenvalue weighted by atomic mass is 16.5. The van der Waals surface area contributed by atoms with Crippen LogP contribution >= 0.6 is 0 Å². The molecule has 2 aromatic rings. The number of aliphatic carboxylic acids is 1. The summed E-state index contributed by atoms with van der Waals surface area (Å²) in [4.78, 5) is 37.0. The lowest BCUT2D eigenvalue weighted by atomic mass is 9.97. The molecule has 0 aromatic heterocycles. The second-order valence-corrected chi connectivity index (χ2v) is 8.85. The van der Waals surface area contributed by atoms with E-state index in [1.54, 1.807) is 0 Å². The van der Waals surface area contributed by atoms with E-state index in [-0.39, 0.29) is 24.9 Å². The van der Waals surface area contributed by atoms with Crippen molar-refractivity contribution in [3.05, 3.63) is 59.7 Å². The molecule has 2 aromatic carbocycles. The summed E-state index contributed by atoms with van der Waals surface area (Å²) in [6, 6.07) is 15.4. The number of ether oxygens (including phenoxy) is 1. The van der Waals surface area contributed by atoms with Gasteiger partial charge in [0.1, 0.15) is 12.6 Å². The van der Waals surface area contributed by atoms with E-state index in [4.69, 9.17) is 9.84 Å². The number of fused-ring (bicyclic) bond motifs is 3. The summed E-state index contributed by atoms with van der Waals surface area (Å²) in [5.41, 5.74) is 3.92. The van der Waals surface area contributed by atoms with Crippen LogP contribution in [-0.4, -0.2) is 53.2 Å². The van der Waals surface area contributed by atoms with Gasteiger partial charge in [-0.15, -0.1) is 0 Å². The largest absolute Gasteiger partial charge is 0.480 e. The average Bonchev–Trinajstić information content (AvgIpc) is 3.08. The summed E-state index contributed by atoms with van der Waals surface area (Å²) < 4.78 is 5.58. The van der Waals surface area contributed by atoms with Gasteiger partial charge in [-0.25, -0.2) is 9.59 Å². The molecule has 1 aliphatic carbocycles. The molecule has 0 spiro atoms. The Morgan fingerprint density at radius 1 is 1.06 bits per heavy atom. The van der Waals surface area contributed by atoms with Crippen LogP contribution in [0.1, 0.15) is 50.7 Å². The Bertz CT molecular complexity index is 971. The van der Waals surface area contributed by atoms with Crippen LogP contribution in [0.15, 0.2) is 48.5 Å². The molecule has 2 N–H and O–H groups in total. The van der Waals surface area contributed by atoms with Crippen molar-refractivity contribution in [3.8, 4) is 11.1 Å². The van der Waals surface area contributed by atoms with Gasteiger partial charge in [0, 0.05) is 24.9 Å². The summed E-state index contributed by atoms with van der Waals surface area (Å²) >= 11 is 0. The molecule has 0 aliphatic heterocycles. The quantitative estimate of drug-likeness (QED) is 0.649. The van der Waals surface area contributed by atoms with Crippen molar-refractivity contribution in [2.75, 3.05) is 13.7 Å².